The maximum atomic E-state index is 10.7. The van der Waals surface area contributed by atoms with Gasteiger partial charge in [-0.05, 0) is 11.6 Å². The molecule has 0 unspecified atom stereocenters. The molecular formula is C14H11NO4. The van der Waals surface area contributed by atoms with Gasteiger partial charge in [-0.3, -0.25) is 14.9 Å². The number of ether oxygens (including phenoxy) is 1. The van der Waals surface area contributed by atoms with Crippen molar-refractivity contribution in [1.29, 1.82) is 0 Å². The lowest BCUT2D eigenvalue weighted by Gasteiger charge is -2.08. The monoisotopic (exact) mass is 257 g/mol. The van der Waals surface area contributed by atoms with Crippen molar-refractivity contribution in [2.45, 2.75) is 0 Å². The molecule has 0 amide bonds. The number of nitro groups is 1. The largest absolute Gasteiger partial charge is 0.496 e. The Morgan fingerprint density at radius 2 is 1.84 bits per heavy atom. The molecule has 0 heterocycles. The highest BCUT2D eigenvalue weighted by Gasteiger charge is 2.12. The second-order valence-corrected chi connectivity index (χ2v) is 3.88. The van der Waals surface area contributed by atoms with Crippen LogP contribution in [0.5, 0.6) is 5.75 Å². The van der Waals surface area contributed by atoms with Crippen molar-refractivity contribution in [3.05, 3.63) is 58.1 Å². The number of nitrogens with zero attached hydrogens (tertiary/aromatic N) is 1. The molecule has 96 valence electrons. The first-order chi connectivity index (χ1) is 9.15. The molecule has 0 fully saturated rings. The summed E-state index contributed by atoms with van der Waals surface area (Å²) in [5.41, 5.74) is 2.12. The molecule has 5 heteroatoms. The van der Waals surface area contributed by atoms with Crippen LogP contribution in [0.4, 0.5) is 5.69 Å². The number of carbonyl (C=O) groups excluding carboxylic acids is 1. The van der Waals surface area contributed by atoms with Crippen molar-refractivity contribution >= 4 is 12.0 Å². The van der Waals surface area contributed by atoms with Crippen molar-refractivity contribution in [1.82, 2.24) is 0 Å². The lowest BCUT2D eigenvalue weighted by atomic mass is 10.0. The van der Waals surface area contributed by atoms with Gasteiger partial charge in [0.1, 0.15) is 12.0 Å². The zero-order valence-corrected chi connectivity index (χ0v) is 10.2. The molecule has 5 nitrogen and oxygen atoms in total. The fourth-order valence-electron chi connectivity index (χ4n) is 1.77. The van der Waals surface area contributed by atoms with Crippen LogP contribution in [0.2, 0.25) is 0 Å². The van der Waals surface area contributed by atoms with E-state index in [1.165, 1.54) is 19.2 Å². The lowest BCUT2D eigenvalue weighted by Crippen LogP contribution is -1.92. The highest BCUT2D eigenvalue weighted by molar-refractivity contribution is 5.78. The summed E-state index contributed by atoms with van der Waals surface area (Å²) >= 11 is 0. The molecule has 0 bridgehead atoms. The van der Waals surface area contributed by atoms with Gasteiger partial charge in [-0.2, -0.15) is 0 Å². The molecule has 2 aromatic carbocycles. The average Bonchev–Trinajstić information content (AvgIpc) is 2.46. The van der Waals surface area contributed by atoms with E-state index in [0.717, 1.165) is 17.4 Å². The zero-order chi connectivity index (χ0) is 13.8. The third-order valence-electron chi connectivity index (χ3n) is 2.75. The molecule has 0 aliphatic carbocycles. The van der Waals surface area contributed by atoms with E-state index in [1.54, 1.807) is 30.3 Å². The Balaban J connectivity index is 2.48. The molecule has 0 radical (unpaired) electrons. The fraction of sp³-hybridized carbons (Fsp3) is 0.0714. The number of carbonyl (C=O) groups is 1. The molecule has 0 saturated carbocycles. The van der Waals surface area contributed by atoms with Gasteiger partial charge in [-0.25, -0.2) is 0 Å². The van der Waals surface area contributed by atoms with Crippen LogP contribution in [0, 0.1) is 10.1 Å². The number of rotatable bonds is 4. The van der Waals surface area contributed by atoms with Crippen molar-refractivity contribution in [2.24, 2.45) is 0 Å². The number of nitro benzene ring substituents is 1. The fourth-order valence-corrected chi connectivity index (χ4v) is 1.77. The van der Waals surface area contributed by atoms with E-state index in [2.05, 4.69) is 0 Å². The number of non-ortho nitro benzene ring substituents is 1. The van der Waals surface area contributed by atoms with Crippen molar-refractivity contribution < 1.29 is 14.5 Å². The maximum absolute atomic E-state index is 10.7. The summed E-state index contributed by atoms with van der Waals surface area (Å²) < 4.78 is 5.17. The molecular weight excluding hydrogens is 246 g/mol. The van der Waals surface area contributed by atoms with Crippen LogP contribution in [0.3, 0.4) is 0 Å². The van der Waals surface area contributed by atoms with Gasteiger partial charge in [0.2, 0.25) is 0 Å². The topological polar surface area (TPSA) is 69.4 Å². The predicted molar refractivity (Wildman–Crippen MR) is 70.5 cm³/mol. The summed E-state index contributed by atoms with van der Waals surface area (Å²) in [6.07, 6.45) is 0.761. The van der Waals surface area contributed by atoms with Crippen LogP contribution in [0.25, 0.3) is 11.1 Å². The van der Waals surface area contributed by atoms with Crippen LogP contribution < -0.4 is 4.74 Å². The number of benzene rings is 2. The zero-order valence-electron chi connectivity index (χ0n) is 10.2. The summed E-state index contributed by atoms with van der Waals surface area (Å²) in [4.78, 5) is 20.8. The maximum Gasteiger partial charge on any atom is 0.273 e. The summed E-state index contributed by atoms with van der Waals surface area (Å²) in [5, 5.41) is 10.7. The molecule has 0 spiro atoms. The first kappa shape index (κ1) is 12.8. The Hall–Kier alpha value is -2.69. The molecule has 0 N–H and O–H groups in total. The molecule has 0 atom stereocenters. The smallest absolute Gasteiger partial charge is 0.273 e. The molecule has 2 aromatic rings. The van der Waals surface area contributed by atoms with E-state index >= 15 is 0 Å². The number of aldehydes is 1. The number of methoxy groups -OCH3 is 1. The second kappa shape index (κ2) is 5.30. The van der Waals surface area contributed by atoms with Gasteiger partial charge in [-0.15, -0.1) is 0 Å². The van der Waals surface area contributed by atoms with Gasteiger partial charge in [0, 0.05) is 17.2 Å². The first-order valence-electron chi connectivity index (χ1n) is 5.53. The minimum atomic E-state index is -0.470. The molecule has 0 saturated heterocycles. The summed E-state index contributed by atoms with van der Waals surface area (Å²) in [6, 6.07) is 11.3. The van der Waals surface area contributed by atoms with Gasteiger partial charge in [-0.1, -0.05) is 24.3 Å². The molecule has 19 heavy (non-hydrogen) atoms. The SMILES string of the molecule is COc1cc([N+](=O)[O-])ccc1-c1ccc(C=O)cc1. The Bertz CT molecular complexity index is 620. The minimum Gasteiger partial charge on any atom is -0.496 e. The molecule has 0 aromatic heterocycles. The quantitative estimate of drug-likeness (QED) is 0.479. The van der Waals surface area contributed by atoms with Gasteiger partial charge in [0.05, 0.1) is 18.1 Å². The van der Waals surface area contributed by atoms with Crippen LogP contribution in [-0.2, 0) is 0 Å². The third kappa shape index (κ3) is 2.60. The Kier molecular flexibility index (Phi) is 3.56. The average molecular weight is 257 g/mol. The van der Waals surface area contributed by atoms with E-state index in [1.807, 2.05) is 0 Å². The highest BCUT2D eigenvalue weighted by atomic mass is 16.6. The van der Waals surface area contributed by atoms with Gasteiger partial charge < -0.3 is 4.74 Å². The lowest BCUT2D eigenvalue weighted by molar-refractivity contribution is -0.384. The highest BCUT2D eigenvalue weighted by Crippen LogP contribution is 2.33. The summed E-state index contributed by atoms with van der Waals surface area (Å²) in [7, 11) is 1.46. The molecule has 0 aliphatic heterocycles. The first-order valence-corrected chi connectivity index (χ1v) is 5.53. The molecule has 0 aliphatic rings. The van der Waals surface area contributed by atoms with Crippen LogP contribution in [0.15, 0.2) is 42.5 Å². The van der Waals surface area contributed by atoms with Crippen molar-refractivity contribution in [3.63, 3.8) is 0 Å². The van der Waals surface area contributed by atoms with Crippen molar-refractivity contribution in [3.8, 4) is 16.9 Å². The van der Waals surface area contributed by atoms with Gasteiger partial charge in [0.25, 0.3) is 5.69 Å². The van der Waals surface area contributed by atoms with Crippen LogP contribution >= 0.6 is 0 Å². The van der Waals surface area contributed by atoms with Crippen LogP contribution in [0.1, 0.15) is 10.4 Å². The normalized spacial score (nSPS) is 9.95. The summed E-state index contributed by atoms with van der Waals surface area (Å²) in [6.45, 7) is 0. The van der Waals surface area contributed by atoms with E-state index < -0.39 is 4.92 Å². The van der Waals surface area contributed by atoms with Crippen LogP contribution in [-0.4, -0.2) is 18.3 Å². The number of hydrogen-bond acceptors (Lipinski definition) is 4. The standard InChI is InChI=1S/C14H11NO4/c1-19-14-8-12(15(17)18)6-7-13(14)11-4-2-10(9-16)3-5-11/h2-9H,1H3. The predicted octanol–water partition coefficient (Wildman–Crippen LogP) is 3.08. The Labute approximate surface area is 109 Å². The molecule has 2 rings (SSSR count). The number of hydrogen-bond donors (Lipinski definition) is 0. The Morgan fingerprint density at radius 1 is 1.16 bits per heavy atom. The van der Waals surface area contributed by atoms with E-state index in [-0.39, 0.29) is 5.69 Å². The van der Waals surface area contributed by atoms with E-state index in [9.17, 15) is 14.9 Å². The third-order valence-corrected chi connectivity index (χ3v) is 2.75. The second-order valence-electron chi connectivity index (χ2n) is 3.88. The summed E-state index contributed by atoms with van der Waals surface area (Å²) in [5.74, 6) is 0.424. The minimum absolute atomic E-state index is 0.0230. The Morgan fingerprint density at radius 3 is 2.37 bits per heavy atom. The van der Waals surface area contributed by atoms with E-state index in [4.69, 9.17) is 4.74 Å². The van der Waals surface area contributed by atoms with Crippen molar-refractivity contribution in [2.75, 3.05) is 7.11 Å². The van der Waals surface area contributed by atoms with E-state index in [0.29, 0.717) is 11.3 Å². The van der Waals surface area contributed by atoms with Gasteiger partial charge >= 0.3 is 0 Å². The van der Waals surface area contributed by atoms with Gasteiger partial charge in [0.15, 0.2) is 0 Å².